The minimum atomic E-state index is -3.49. The van der Waals surface area contributed by atoms with E-state index in [2.05, 4.69) is 26.1 Å². The standard InChI is InChI=1S/C19H26N4O3S/c1-19(2,3)27(24,25)18-9-8-17(20-21-18)23-12-10-22(11-13-23)15-6-5-7-16(14-15)26-4/h5-9,14H,10-13H2,1-4H3. The minimum Gasteiger partial charge on any atom is -0.497 e. The molecule has 0 aliphatic carbocycles. The minimum absolute atomic E-state index is 0.0220. The Morgan fingerprint density at radius 3 is 2.19 bits per heavy atom. The average Bonchev–Trinajstić information content (AvgIpc) is 2.67. The van der Waals surface area contributed by atoms with Gasteiger partial charge >= 0.3 is 0 Å². The van der Waals surface area contributed by atoms with E-state index in [9.17, 15) is 8.42 Å². The molecule has 0 bridgehead atoms. The maximum atomic E-state index is 12.5. The highest BCUT2D eigenvalue weighted by Crippen LogP contribution is 2.25. The summed E-state index contributed by atoms with van der Waals surface area (Å²) in [7, 11) is -1.82. The van der Waals surface area contributed by atoms with Crippen LogP contribution in [0, 0.1) is 0 Å². The maximum Gasteiger partial charge on any atom is 0.202 e. The Kier molecular flexibility index (Phi) is 5.28. The molecule has 1 fully saturated rings. The van der Waals surface area contributed by atoms with E-state index in [1.165, 1.54) is 0 Å². The highest BCUT2D eigenvalue weighted by Gasteiger charge is 2.32. The van der Waals surface area contributed by atoms with Crippen molar-refractivity contribution in [3.63, 3.8) is 0 Å². The molecule has 3 rings (SSSR count). The summed E-state index contributed by atoms with van der Waals surface area (Å²) in [5, 5.41) is 8.17. The van der Waals surface area contributed by atoms with Gasteiger partial charge in [-0.05, 0) is 45.0 Å². The zero-order valence-electron chi connectivity index (χ0n) is 16.2. The number of benzene rings is 1. The molecule has 146 valence electrons. The number of ether oxygens (including phenoxy) is 1. The van der Waals surface area contributed by atoms with Gasteiger partial charge in [0.1, 0.15) is 5.75 Å². The van der Waals surface area contributed by atoms with Crippen LogP contribution in [0.25, 0.3) is 0 Å². The summed E-state index contributed by atoms with van der Waals surface area (Å²) in [6, 6.07) is 11.3. The van der Waals surface area contributed by atoms with Crippen LogP contribution in [0.5, 0.6) is 5.75 Å². The lowest BCUT2D eigenvalue weighted by molar-refractivity contribution is 0.414. The number of hydrogen-bond acceptors (Lipinski definition) is 7. The van der Waals surface area contributed by atoms with Crippen LogP contribution in [0.15, 0.2) is 41.4 Å². The molecule has 1 aliphatic rings. The number of sulfone groups is 1. The van der Waals surface area contributed by atoms with Crippen molar-refractivity contribution in [1.82, 2.24) is 10.2 Å². The normalized spacial score (nSPS) is 15.7. The van der Waals surface area contributed by atoms with E-state index < -0.39 is 14.6 Å². The third kappa shape index (κ3) is 4.00. The Balaban J connectivity index is 1.68. The predicted molar refractivity (Wildman–Crippen MR) is 106 cm³/mol. The van der Waals surface area contributed by atoms with Crippen molar-refractivity contribution in [2.24, 2.45) is 0 Å². The number of piperazine rings is 1. The summed E-state index contributed by atoms with van der Waals surface area (Å²) in [6.07, 6.45) is 0. The van der Waals surface area contributed by atoms with Crippen LogP contribution in [0.3, 0.4) is 0 Å². The molecular formula is C19H26N4O3S. The zero-order valence-corrected chi connectivity index (χ0v) is 17.0. The van der Waals surface area contributed by atoms with Gasteiger partial charge in [0.15, 0.2) is 10.8 Å². The third-order valence-electron chi connectivity index (χ3n) is 4.73. The molecule has 7 nitrogen and oxygen atoms in total. The van der Waals surface area contributed by atoms with Crippen molar-refractivity contribution < 1.29 is 13.2 Å². The number of hydrogen-bond donors (Lipinski definition) is 0. The lowest BCUT2D eigenvalue weighted by atomic mass is 10.2. The fourth-order valence-electron chi connectivity index (χ4n) is 2.94. The number of aromatic nitrogens is 2. The number of nitrogens with zero attached hydrogens (tertiary/aromatic N) is 4. The van der Waals surface area contributed by atoms with Crippen molar-refractivity contribution in [2.45, 2.75) is 30.5 Å². The first-order valence-corrected chi connectivity index (χ1v) is 10.4. The van der Waals surface area contributed by atoms with E-state index in [4.69, 9.17) is 4.74 Å². The maximum absolute atomic E-state index is 12.5. The van der Waals surface area contributed by atoms with Crippen molar-refractivity contribution in [3.05, 3.63) is 36.4 Å². The van der Waals surface area contributed by atoms with Crippen LogP contribution in [-0.2, 0) is 9.84 Å². The summed E-state index contributed by atoms with van der Waals surface area (Å²) in [5.74, 6) is 1.55. The van der Waals surface area contributed by atoms with Crippen LogP contribution in [0.2, 0.25) is 0 Å². The topological polar surface area (TPSA) is 75.6 Å². The molecule has 27 heavy (non-hydrogen) atoms. The first-order chi connectivity index (χ1) is 12.7. The van der Waals surface area contributed by atoms with E-state index in [1.54, 1.807) is 40.0 Å². The van der Waals surface area contributed by atoms with Gasteiger partial charge in [0.05, 0.1) is 11.9 Å². The average molecular weight is 391 g/mol. The molecule has 2 heterocycles. The van der Waals surface area contributed by atoms with Crippen LogP contribution < -0.4 is 14.5 Å². The van der Waals surface area contributed by atoms with Gasteiger partial charge in [0.2, 0.25) is 9.84 Å². The predicted octanol–water partition coefficient (Wildman–Crippen LogP) is 2.38. The first-order valence-electron chi connectivity index (χ1n) is 8.95. The Morgan fingerprint density at radius 1 is 0.963 bits per heavy atom. The Morgan fingerprint density at radius 2 is 1.63 bits per heavy atom. The van der Waals surface area contributed by atoms with Crippen molar-refractivity contribution in [1.29, 1.82) is 0 Å². The van der Waals surface area contributed by atoms with Gasteiger partial charge in [-0.25, -0.2) is 8.42 Å². The van der Waals surface area contributed by atoms with Gasteiger partial charge in [-0.2, -0.15) is 0 Å². The molecular weight excluding hydrogens is 364 g/mol. The molecule has 0 saturated carbocycles. The molecule has 8 heteroatoms. The van der Waals surface area contributed by atoms with Crippen LogP contribution >= 0.6 is 0 Å². The largest absolute Gasteiger partial charge is 0.497 e. The third-order valence-corrected chi connectivity index (χ3v) is 7.11. The molecule has 0 radical (unpaired) electrons. The molecule has 0 unspecified atom stereocenters. The molecule has 0 spiro atoms. The lowest BCUT2D eigenvalue weighted by Gasteiger charge is -2.36. The Labute approximate surface area is 160 Å². The van der Waals surface area contributed by atoms with E-state index in [0.717, 1.165) is 37.6 Å². The van der Waals surface area contributed by atoms with Gasteiger partial charge in [0.25, 0.3) is 0 Å². The van der Waals surface area contributed by atoms with Crippen molar-refractivity contribution in [2.75, 3.05) is 43.1 Å². The molecule has 0 amide bonds. The highest BCUT2D eigenvalue weighted by molar-refractivity contribution is 7.92. The molecule has 2 aromatic rings. The summed E-state index contributed by atoms with van der Waals surface area (Å²) >= 11 is 0. The van der Waals surface area contributed by atoms with Crippen molar-refractivity contribution >= 4 is 21.3 Å². The zero-order chi connectivity index (χ0) is 19.7. The van der Waals surface area contributed by atoms with Gasteiger partial charge in [-0.15, -0.1) is 10.2 Å². The second-order valence-electron chi connectivity index (χ2n) is 7.52. The quantitative estimate of drug-likeness (QED) is 0.793. The smallest absolute Gasteiger partial charge is 0.202 e. The molecule has 1 aromatic carbocycles. The SMILES string of the molecule is COc1cccc(N2CCN(c3ccc(S(=O)(=O)C(C)(C)C)nn3)CC2)c1. The van der Waals surface area contributed by atoms with Crippen LogP contribution in [0.1, 0.15) is 20.8 Å². The number of rotatable bonds is 4. The molecule has 0 atom stereocenters. The first kappa shape index (κ1) is 19.4. The Bertz CT molecular complexity index is 884. The number of methoxy groups -OCH3 is 1. The Hall–Kier alpha value is -2.35. The van der Waals surface area contributed by atoms with Gasteiger partial charge in [-0.3, -0.25) is 0 Å². The fraction of sp³-hybridized carbons (Fsp3) is 0.474. The number of anilines is 2. The van der Waals surface area contributed by atoms with E-state index in [1.807, 2.05) is 18.2 Å². The molecule has 1 saturated heterocycles. The van der Waals surface area contributed by atoms with Crippen LogP contribution in [0.4, 0.5) is 11.5 Å². The van der Waals surface area contributed by atoms with Gasteiger partial charge in [-0.1, -0.05) is 6.07 Å². The van der Waals surface area contributed by atoms with Crippen LogP contribution in [-0.4, -0.2) is 56.7 Å². The van der Waals surface area contributed by atoms with E-state index in [-0.39, 0.29) is 5.03 Å². The van der Waals surface area contributed by atoms with Gasteiger partial charge < -0.3 is 14.5 Å². The van der Waals surface area contributed by atoms with E-state index in [0.29, 0.717) is 5.82 Å². The second kappa shape index (κ2) is 7.34. The summed E-state index contributed by atoms with van der Waals surface area (Å²) < 4.78 is 29.3. The molecule has 1 aromatic heterocycles. The summed E-state index contributed by atoms with van der Waals surface area (Å²) in [5.41, 5.74) is 1.13. The molecule has 0 N–H and O–H groups in total. The summed E-state index contributed by atoms with van der Waals surface area (Å²) in [4.78, 5) is 4.42. The van der Waals surface area contributed by atoms with E-state index >= 15 is 0 Å². The highest BCUT2D eigenvalue weighted by atomic mass is 32.2. The fourth-order valence-corrected chi connectivity index (χ4v) is 3.96. The van der Waals surface area contributed by atoms with Crippen molar-refractivity contribution in [3.8, 4) is 5.75 Å². The van der Waals surface area contributed by atoms with Gasteiger partial charge in [0, 0.05) is 37.9 Å². The summed E-state index contributed by atoms with van der Waals surface area (Å²) in [6.45, 7) is 8.25. The monoisotopic (exact) mass is 390 g/mol. The second-order valence-corrected chi connectivity index (χ2v) is 10.2. The molecule has 1 aliphatic heterocycles. The lowest BCUT2D eigenvalue weighted by Crippen LogP contribution is -2.47.